The lowest BCUT2D eigenvalue weighted by Gasteiger charge is -2.62. The molecule has 3 fully saturated rings. The van der Waals surface area contributed by atoms with Crippen molar-refractivity contribution in [2.75, 3.05) is 20.1 Å². The van der Waals surface area contributed by atoms with Crippen LogP contribution in [0.5, 0.6) is 0 Å². The number of fused-ring (bicyclic) bond motifs is 4. The Kier molecular flexibility index (Phi) is 3.65. The minimum Gasteiger partial charge on any atom is -0.393 e. The molecule has 6 atom stereocenters. The number of nitrogens with two attached hydrogens (primary N) is 1. The van der Waals surface area contributed by atoms with Crippen molar-refractivity contribution in [3.05, 3.63) is 0 Å². The van der Waals surface area contributed by atoms with Gasteiger partial charge in [0.1, 0.15) is 0 Å². The van der Waals surface area contributed by atoms with Crippen LogP contribution in [0.1, 0.15) is 45.4 Å². The smallest absolute Gasteiger partial charge is 0.0543 e. The van der Waals surface area contributed by atoms with Crippen LogP contribution in [-0.2, 0) is 0 Å². The van der Waals surface area contributed by atoms with E-state index in [1.54, 1.807) is 0 Å². The molecular weight excluding hydrogens is 236 g/mol. The van der Waals surface area contributed by atoms with Crippen LogP contribution in [0.15, 0.2) is 0 Å². The Morgan fingerprint density at radius 2 is 2.11 bits per heavy atom. The molecule has 3 rings (SSSR count). The first-order valence-corrected chi connectivity index (χ1v) is 8.17. The van der Waals surface area contributed by atoms with Gasteiger partial charge in [0, 0.05) is 6.04 Å². The normalized spacial score (nSPS) is 50.8. The molecule has 6 unspecified atom stereocenters. The van der Waals surface area contributed by atoms with Gasteiger partial charge in [0.15, 0.2) is 0 Å². The second kappa shape index (κ2) is 5.01. The van der Waals surface area contributed by atoms with E-state index >= 15 is 0 Å². The molecule has 3 nitrogen and oxygen atoms in total. The maximum absolute atomic E-state index is 10.1. The molecule has 3 aliphatic rings. The number of hydrogen-bond acceptors (Lipinski definition) is 3. The Morgan fingerprint density at radius 1 is 1.32 bits per heavy atom. The van der Waals surface area contributed by atoms with E-state index in [1.165, 1.54) is 25.8 Å². The number of rotatable bonds is 2. The summed E-state index contributed by atoms with van der Waals surface area (Å²) in [6.07, 6.45) is 7.02. The largest absolute Gasteiger partial charge is 0.393 e. The van der Waals surface area contributed by atoms with Crippen LogP contribution in [0.4, 0.5) is 0 Å². The molecule has 19 heavy (non-hydrogen) atoms. The van der Waals surface area contributed by atoms with Crippen LogP contribution in [0.3, 0.4) is 0 Å². The van der Waals surface area contributed by atoms with E-state index in [-0.39, 0.29) is 6.10 Å². The maximum atomic E-state index is 10.1. The highest BCUT2D eigenvalue weighted by molar-refractivity contribution is 5.07. The highest BCUT2D eigenvalue weighted by Crippen LogP contribution is 2.59. The fourth-order valence-corrected chi connectivity index (χ4v) is 5.76. The molecule has 2 bridgehead atoms. The van der Waals surface area contributed by atoms with Crippen molar-refractivity contribution in [2.24, 2.45) is 28.9 Å². The zero-order chi connectivity index (χ0) is 13.6. The van der Waals surface area contributed by atoms with Gasteiger partial charge in [0.2, 0.25) is 0 Å². The first kappa shape index (κ1) is 13.8. The van der Waals surface area contributed by atoms with E-state index in [0.717, 1.165) is 49.6 Å². The van der Waals surface area contributed by atoms with Crippen LogP contribution in [0.2, 0.25) is 0 Å². The minimum atomic E-state index is -0.0562. The third-order valence-electron chi connectivity index (χ3n) is 6.84. The number of aliphatic hydroxyl groups is 1. The zero-order valence-electron chi connectivity index (χ0n) is 12.5. The molecule has 2 aliphatic carbocycles. The Hall–Kier alpha value is -0.120. The topological polar surface area (TPSA) is 49.5 Å². The monoisotopic (exact) mass is 266 g/mol. The van der Waals surface area contributed by atoms with E-state index in [4.69, 9.17) is 5.73 Å². The third-order valence-corrected chi connectivity index (χ3v) is 6.84. The lowest BCUT2D eigenvalue weighted by molar-refractivity contribution is -0.138. The van der Waals surface area contributed by atoms with Crippen molar-refractivity contribution in [1.29, 1.82) is 0 Å². The molecule has 1 saturated heterocycles. The van der Waals surface area contributed by atoms with Gasteiger partial charge in [0.05, 0.1) is 6.10 Å². The fourth-order valence-electron chi connectivity index (χ4n) is 5.76. The summed E-state index contributed by atoms with van der Waals surface area (Å²) in [5, 5.41) is 10.1. The van der Waals surface area contributed by atoms with Gasteiger partial charge in [-0.2, -0.15) is 0 Å². The first-order valence-electron chi connectivity index (χ1n) is 8.17. The van der Waals surface area contributed by atoms with Crippen molar-refractivity contribution in [3.8, 4) is 0 Å². The average molecular weight is 266 g/mol. The molecule has 0 aromatic heterocycles. The molecule has 3 N–H and O–H groups in total. The summed E-state index contributed by atoms with van der Waals surface area (Å²) < 4.78 is 0. The van der Waals surface area contributed by atoms with E-state index in [9.17, 15) is 5.11 Å². The summed E-state index contributed by atoms with van der Waals surface area (Å²) >= 11 is 0. The van der Waals surface area contributed by atoms with Crippen LogP contribution in [-0.4, -0.2) is 42.3 Å². The number of likely N-dealkylation sites (tertiary alicyclic amines) is 1. The lowest BCUT2D eigenvalue weighted by atomic mass is 9.48. The second-order valence-electron chi connectivity index (χ2n) is 7.43. The van der Waals surface area contributed by atoms with Crippen LogP contribution in [0.25, 0.3) is 0 Å². The van der Waals surface area contributed by atoms with E-state index in [1.807, 2.05) is 0 Å². The molecule has 2 saturated carbocycles. The molecule has 110 valence electrons. The van der Waals surface area contributed by atoms with E-state index in [0.29, 0.717) is 5.41 Å². The SMILES string of the molecule is CC1C2CC3CCC(O)CC3C1(CCN)CCN2C. The Morgan fingerprint density at radius 3 is 2.84 bits per heavy atom. The van der Waals surface area contributed by atoms with Gasteiger partial charge < -0.3 is 15.7 Å². The highest BCUT2D eigenvalue weighted by Gasteiger charge is 2.56. The Bertz CT molecular complexity index is 335. The predicted octanol–water partition coefficient (Wildman–Crippen LogP) is 1.84. The van der Waals surface area contributed by atoms with Gasteiger partial charge in [-0.15, -0.1) is 0 Å². The van der Waals surface area contributed by atoms with E-state index < -0.39 is 0 Å². The number of aliphatic hydroxyl groups excluding tert-OH is 1. The molecule has 0 spiro atoms. The number of hydrogen-bond donors (Lipinski definition) is 2. The van der Waals surface area contributed by atoms with Gasteiger partial charge in [0.25, 0.3) is 0 Å². The maximum Gasteiger partial charge on any atom is 0.0543 e. The average Bonchev–Trinajstić information content (AvgIpc) is 2.38. The summed E-state index contributed by atoms with van der Waals surface area (Å²) in [6, 6.07) is 0.747. The highest BCUT2D eigenvalue weighted by atomic mass is 16.3. The van der Waals surface area contributed by atoms with E-state index in [2.05, 4.69) is 18.9 Å². The fraction of sp³-hybridized carbons (Fsp3) is 1.00. The van der Waals surface area contributed by atoms with Crippen molar-refractivity contribution in [3.63, 3.8) is 0 Å². The van der Waals surface area contributed by atoms with Gasteiger partial charge in [-0.25, -0.2) is 0 Å². The van der Waals surface area contributed by atoms with Gasteiger partial charge in [-0.3, -0.25) is 0 Å². The van der Waals surface area contributed by atoms with Crippen LogP contribution in [0, 0.1) is 23.2 Å². The predicted molar refractivity (Wildman–Crippen MR) is 77.8 cm³/mol. The Labute approximate surface area is 117 Å². The van der Waals surface area contributed by atoms with Crippen molar-refractivity contribution in [1.82, 2.24) is 4.90 Å². The third kappa shape index (κ3) is 2.05. The van der Waals surface area contributed by atoms with Crippen molar-refractivity contribution >= 4 is 0 Å². The molecule has 0 radical (unpaired) electrons. The molecule has 0 aromatic carbocycles. The van der Waals surface area contributed by atoms with Crippen molar-refractivity contribution in [2.45, 2.75) is 57.6 Å². The number of nitrogens with zero attached hydrogens (tertiary/aromatic N) is 1. The summed E-state index contributed by atoms with van der Waals surface area (Å²) in [7, 11) is 2.30. The number of piperidine rings is 1. The lowest BCUT2D eigenvalue weighted by Crippen LogP contribution is -2.62. The first-order chi connectivity index (χ1) is 9.08. The van der Waals surface area contributed by atoms with Gasteiger partial charge >= 0.3 is 0 Å². The van der Waals surface area contributed by atoms with Crippen LogP contribution < -0.4 is 5.73 Å². The zero-order valence-corrected chi connectivity index (χ0v) is 12.5. The van der Waals surface area contributed by atoms with Crippen LogP contribution >= 0.6 is 0 Å². The molecule has 0 aromatic rings. The summed E-state index contributed by atoms with van der Waals surface area (Å²) in [6.45, 7) is 4.47. The molecule has 0 amide bonds. The standard InChI is InChI=1S/C16H30N2O/c1-11-15-9-12-3-4-13(19)10-14(12)16(11,5-7-17)6-8-18(15)2/h11-15,19H,3-10,17H2,1-2H3. The quantitative estimate of drug-likeness (QED) is 0.802. The summed E-state index contributed by atoms with van der Waals surface area (Å²) in [5.41, 5.74) is 6.38. The van der Waals surface area contributed by atoms with Crippen molar-refractivity contribution < 1.29 is 5.11 Å². The molecule has 3 heteroatoms. The molecular formula is C16H30N2O. The molecule has 1 aliphatic heterocycles. The summed E-state index contributed by atoms with van der Waals surface area (Å²) in [5.74, 6) is 2.29. The summed E-state index contributed by atoms with van der Waals surface area (Å²) in [4.78, 5) is 2.58. The van der Waals surface area contributed by atoms with Gasteiger partial charge in [-0.05, 0) is 81.8 Å². The molecule has 1 heterocycles. The second-order valence-corrected chi connectivity index (χ2v) is 7.43. The van der Waals surface area contributed by atoms with Gasteiger partial charge in [-0.1, -0.05) is 6.92 Å². The minimum absolute atomic E-state index is 0.0562. The Balaban J connectivity index is 1.93.